The number of rotatable bonds is 5. The molecule has 0 atom stereocenters. The van der Waals surface area contributed by atoms with E-state index in [-0.39, 0.29) is 5.78 Å². The third kappa shape index (κ3) is 3.61. The molecule has 0 aliphatic rings. The van der Waals surface area contributed by atoms with Crippen molar-refractivity contribution in [3.05, 3.63) is 54.1 Å². The standard InChI is InChI=1S/C16H16O2S/c1-3-16(17)12-5-4-6-14(11-12)18-13-7-9-15(19-2)10-8-13/h4-11H,3H2,1-2H3. The van der Waals surface area contributed by atoms with Crippen molar-refractivity contribution in [2.75, 3.05) is 6.26 Å². The lowest BCUT2D eigenvalue weighted by atomic mass is 10.1. The summed E-state index contributed by atoms with van der Waals surface area (Å²) in [7, 11) is 0. The maximum Gasteiger partial charge on any atom is 0.162 e. The molecule has 2 aromatic carbocycles. The Hall–Kier alpha value is -1.74. The van der Waals surface area contributed by atoms with Gasteiger partial charge in [0.25, 0.3) is 0 Å². The highest BCUT2D eigenvalue weighted by molar-refractivity contribution is 7.98. The van der Waals surface area contributed by atoms with Gasteiger partial charge in [-0.1, -0.05) is 19.1 Å². The largest absolute Gasteiger partial charge is 0.457 e. The van der Waals surface area contributed by atoms with E-state index < -0.39 is 0 Å². The summed E-state index contributed by atoms with van der Waals surface area (Å²) in [6.45, 7) is 1.86. The van der Waals surface area contributed by atoms with Crippen LogP contribution in [0.3, 0.4) is 0 Å². The molecule has 0 saturated carbocycles. The molecule has 0 spiro atoms. The molecule has 0 unspecified atom stereocenters. The highest BCUT2D eigenvalue weighted by Gasteiger charge is 2.05. The molecule has 98 valence electrons. The fourth-order valence-electron chi connectivity index (χ4n) is 1.72. The van der Waals surface area contributed by atoms with Crippen LogP contribution in [0.15, 0.2) is 53.4 Å². The monoisotopic (exact) mass is 272 g/mol. The van der Waals surface area contributed by atoms with Gasteiger partial charge in [0.1, 0.15) is 11.5 Å². The lowest BCUT2D eigenvalue weighted by molar-refractivity contribution is 0.0988. The summed E-state index contributed by atoms with van der Waals surface area (Å²) in [5, 5.41) is 0. The van der Waals surface area contributed by atoms with Gasteiger partial charge in [-0.25, -0.2) is 0 Å². The number of carbonyl (C=O) groups is 1. The van der Waals surface area contributed by atoms with Gasteiger partial charge in [0.15, 0.2) is 5.78 Å². The van der Waals surface area contributed by atoms with Crippen molar-refractivity contribution in [2.24, 2.45) is 0 Å². The summed E-state index contributed by atoms with van der Waals surface area (Å²) in [6.07, 6.45) is 2.54. The van der Waals surface area contributed by atoms with Crippen molar-refractivity contribution in [1.82, 2.24) is 0 Å². The second-order valence-corrected chi connectivity index (χ2v) is 4.96. The maximum absolute atomic E-state index is 11.6. The molecule has 0 fully saturated rings. The van der Waals surface area contributed by atoms with Crippen molar-refractivity contribution in [2.45, 2.75) is 18.2 Å². The number of ether oxygens (including phenoxy) is 1. The first kappa shape index (κ1) is 13.7. The zero-order chi connectivity index (χ0) is 13.7. The molecule has 0 amide bonds. The number of Topliss-reactive ketones (excluding diaryl/α,β-unsaturated/α-hetero) is 1. The average molecular weight is 272 g/mol. The van der Waals surface area contributed by atoms with Gasteiger partial charge in [0, 0.05) is 16.9 Å². The third-order valence-electron chi connectivity index (χ3n) is 2.77. The second-order valence-electron chi connectivity index (χ2n) is 4.08. The number of ketones is 1. The average Bonchev–Trinajstić information content (AvgIpc) is 2.47. The number of thioether (sulfide) groups is 1. The van der Waals surface area contributed by atoms with Crippen LogP contribution in [0.5, 0.6) is 11.5 Å². The molecule has 0 aliphatic heterocycles. The Morgan fingerprint density at radius 1 is 1.11 bits per heavy atom. The molecule has 3 heteroatoms. The molecule has 0 N–H and O–H groups in total. The first-order valence-electron chi connectivity index (χ1n) is 6.18. The summed E-state index contributed by atoms with van der Waals surface area (Å²) in [6, 6.07) is 15.2. The molecular weight excluding hydrogens is 256 g/mol. The van der Waals surface area contributed by atoms with E-state index in [0.717, 1.165) is 5.75 Å². The van der Waals surface area contributed by atoms with E-state index in [1.807, 2.05) is 55.6 Å². The van der Waals surface area contributed by atoms with E-state index in [0.29, 0.717) is 17.7 Å². The molecule has 0 radical (unpaired) electrons. The third-order valence-corrected chi connectivity index (χ3v) is 3.52. The van der Waals surface area contributed by atoms with E-state index >= 15 is 0 Å². The van der Waals surface area contributed by atoms with Crippen LogP contribution in [0.25, 0.3) is 0 Å². The van der Waals surface area contributed by atoms with Crippen molar-refractivity contribution < 1.29 is 9.53 Å². The van der Waals surface area contributed by atoms with Crippen LogP contribution in [-0.2, 0) is 0 Å². The summed E-state index contributed by atoms with van der Waals surface area (Å²) in [5.41, 5.74) is 0.695. The smallest absolute Gasteiger partial charge is 0.162 e. The van der Waals surface area contributed by atoms with E-state index in [1.54, 1.807) is 17.8 Å². The van der Waals surface area contributed by atoms with Crippen LogP contribution in [0.2, 0.25) is 0 Å². The lowest BCUT2D eigenvalue weighted by Crippen LogP contribution is -1.96. The van der Waals surface area contributed by atoms with Gasteiger partial charge in [-0.3, -0.25) is 4.79 Å². The van der Waals surface area contributed by atoms with Crippen molar-refractivity contribution >= 4 is 17.5 Å². The normalized spacial score (nSPS) is 10.2. The predicted molar refractivity (Wildman–Crippen MR) is 79.4 cm³/mol. The van der Waals surface area contributed by atoms with Crippen LogP contribution in [-0.4, -0.2) is 12.0 Å². The molecule has 2 aromatic rings. The first-order valence-corrected chi connectivity index (χ1v) is 7.40. The highest BCUT2D eigenvalue weighted by Crippen LogP contribution is 2.25. The molecule has 2 nitrogen and oxygen atoms in total. The Kier molecular flexibility index (Phi) is 4.63. The van der Waals surface area contributed by atoms with Crippen LogP contribution in [0.4, 0.5) is 0 Å². The molecule has 0 aliphatic carbocycles. The van der Waals surface area contributed by atoms with Crippen LogP contribution in [0.1, 0.15) is 23.7 Å². The van der Waals surface area contributed by atoms with E-state index in [4.69, 9.17) is 4.74 Å². The van der Waals surface area contributed by atoms with Gasteiger partial charge >= 0.3 is 0 Å². The van der Waals surface area contributed by atoms with Gasteiger partial charge in [-0.05, 0) is 42.7 Å². The molecular formula is C16H16O2S. The van der Waals surface area contributed by atoms with Crippen molar-refractivity contribution in [3.8, 4) is 11.5 Å². The fourth-order valence-corrected chi connectivity index (χ4v) is 2.13. The molecule has 2 rings (SSSR count). The minimum Gasteiger partial charge on any atom is -0.457 e. The molecule has 0 bridgehead atoms. The van der Waals surface area contributed by atoms with Crippen molar-refractivity contribution in [3.63, 3.8) is 0 Å². The zero-order valence-electron chi connectivity index (χ0n) is 11.1. The van der Waals surface area contributed by atoms with E-state index in [9.17, 15) is 4.79 Å². The number of carbonyl (C=O) groups excluding carboxylic acids is 1. The Labute approximate surface area is 117 Å². The quantitative estimate of drug-likeness (QED) is 0.578. The van der Waals surface area contributed by atoms with Gasteiger partial charge < -0.3 is 4.74 Å². The molecule has 0 saturated heterocycles. The van der Waals surface area contributed by atoms with Gasteiger partial charge in [0.2, 0.25) is 0 Å². The maximum atomic E-state index is 11.6. The van der Waals surface area contributed by atoms with Crippen LogP contribution < -0.4 is 4.74 Å². The fraction of sp³-hybridized carbons (Fsp3) is 0.188. The highest BCUT2D eigenvalue weighted by atomic mass is 32.2. The lowest BCUT2D eigenvalue weighted by Gasteiger charge is -2.07. The van der Waals surface area contributed by atoms with Gasteiger partial charge in [0.05, 0.1) is 0 Å². The minimum atomic E-state index is 0.128. The molecule has 0 aromatic heterocycles. The Bertz CT molecular complexity index is 561. The topological polar surface area (TPSA) is 26.3 Å². The molecule has 0 heterocycles. The van der Waals surface area contributed by atoms with Crippen LogP contribution >= 0.6 is 11.8 Å². The Morgan fingerprint density at radius 2 is 1.84 bits per heavy atom. The van der Waals surface area contributed by atoms with E-state index in [1.165, 1.54) is 4.90 Å². The first-order chi connectivity index (χ1) is 9.22. The SMILES string of the molecule is CCC(=O)c1cccc(Oc2ccc(SC)cc2)c1. The van der Waals surface area contributed by atoms with Gasteiger partial charge in [-0.2, -0.15) is 0 Å². The molecule has 19 heavy (non-hydrogen) atoms. The second kappa shape index (κ2) is 6.43. The summed E-state index contributed by atoms with van der Waals surface area (Å²) in [5.74, 6) is 1.60. The van der Waals surface area contributed by atoms with Crippen LogP contribution in [0, 0.1) is 0 Å². The predicted octanol–water partition coefficient (Wildman–Crippen LogP) is 4.79. The van der Waals surface area contributed by atoms with Crippen molar-refractivity contribution in [1.29, 1.82) is 0 Å². The Morgan fingerprint density at radius 3 is 2.47 bits per heavy atom. The number of hydrogen-bond donors (Lipinski definition) is 0. The summed E-state index contributed by atoms with van der Waals surface area (Å²) in [4.78, 5) is 12.8. The zero-order valence-corrected chi connectivity index (χ0v) is 11.9. The number of benzene rings is 2. The van der Waals surface area contributed by atoms with Gasteiger partial charge in [-0.15, -0.1) is 11.8 Å². The Balaban J connectivity index is 2.16. The minimum absolute atomic E-state index is 0.128. The van der Waals surface area contributed by atoms with E-state index in [2.05, 4.69) is 0 Å². The summed E-state index contributed by atoms with van der Waals surface area (Å²) >= 11 is 1.69. The number of hydrogen-bond acceptors (Lipinski definition) is 3. The summed E-state index contributed by atoms with van der Waals surface area (Å²) < 4.78 is 5.75.